The van der Waals surface area contributed by atoms with Crippen LogP contribution in [0.1, 0.15) is 42.1 Å². The normalized spacial score (nSPS) is 17.3. The van der Waals surface area contributed by atoms with Crippen LogP contribution in [0.5, 0.6) is 5.75 Å². The first-order chi connectivity index (χ1) is 16.6. The van der Waals surface area contributed by atoms with Crippen molar-refractivity contribution < 1.29 is 27.1 Å². The molecule has 1 aliphatic heterocycles. The summed E-state index contributed by atoms with van der Waals surface area (Å²) < 4.78 is 57.6. The number of aromatic nitrogens is 2. The molecule has 0 unspecified atom stereocenters. The summed E-state index contributed by atoms with van der Waals surface area (Å²) in [5.41, 5.74) is 6.66. The van der Waals surface area contributed by atoms with Gasteiger partial charge in [-0.25, -0.2) is 9.97 Å². The Balaban J connectivity index is 1.60. The van der Waals surface area contributed by atoms with Gasteiger partial charge in [0.15, 0.2) is 11.3 Å². The monoisotopic (exact) mass is 486 g/mol. The Labute approximate surface area is 199 Å². The molecule has 2 atom stereocenters. The van der Waals surface area contributed by atoms with Crippen LogP contribution < -0.4 is 15.8 Å². The Kier molecular flexibility index (Phi) is 5.71. The van der Waals surface area contributed by atoms with Gasteiger partial charge >= 0.3 is 6.18 Å². The van der Waals surface area contributed by atoms with Crippen molar-refractivity contribution >= 4 is 33.4 Å². The van der Waals surface area contributed by atoms with Crippen LogP contribution in [0.4, 0.5) is 24.7 Å². The standard InChI is InChI=1S/C25H25F3N4O3/c1-12-6-19-22-20(10-21(23(19)34-12)35-18-4-5-33-11-18)24(32-14(3)31-22)30-13(2)15-7-16(25(26,27)28)9-17(29)8-15/h6-10,13,18H,4-5,11,29H2,1-3H3,(H,30,31,32)/t13-,18+/m1/s1. The lowest BCUT2D eigenvalue weighted by molar-refractivity contribution is -0.137. The van der Waals surface area contributed by atoms with Gasteiger partial charge in [0.05, 0.1) is 35.7 Å². The van der Waals surface area contributed by atoms with E-state index in [4.69, 9.17) is 19.6 Å². The van der Waals surface area contributed by atoms with Gasteiger partial charge in [-0.2, -0.15) is 13.2 Å². The lowest BCUT2D eigenvalue weighted by Gasteiger charge is -2.20. The molecule has 0 amide bonds. The maximum atomic E-state index is 13.3. The van der Waals surface area contributed by atoms with Crippen molar-refractivity contribution in [3.63, 3.8) is 0 Å². The second-order valence-electron chi connectivity index (χ2n) is 8.85. The van der Waals surface area contributed by atoms with Gasteiger partial charge in [-0.3, -0.25) is 0 Å². The van der Waals surface area contributed by atoms with Gasteiger partial charge < -0.3 is 24.9 Å². The van der Waals surface area contributed by atoms with Crippen molar-refractivity contribution in [1.82, 2.24) is 9.97 Å². The molecule has 4 aromatic rings. The third-order valence-corrected chi connectivity index (χ3v) is 6.01. The smallest absolute Gasteiger partial charge is 0.416 e. The average Bonchev–Trinajstić information content (AvgIpc) is 3.43. The summed E-state index contributed by atoms with van der Waals surface area (Å²) in [5.74, 6) is 2.24. The van der Waals surface area contributed by atoms with E-state index < -0.39 is 17.8 Å². The number of rotatable bonds is 5. The second-order valence-corrected chi connectivity index (χ2v) is 8.85. The Hall–Kier alpha value is -3.53. The fourth-order valence-corrected chi connectivity index (χ4v) is 4.35. The summed E-state index contributed by atoms with van der Waals surface area (Å²) in [6, 6.07) is 6.73. The van der Waals surface area contributed by atoms with Gasteiger partial charge in [-0.1, -0.05) is 0 Å². The molecule has 2 aromatic carbocycles. The van der Waals surface area contributed by atoms with Crippen LogP contribution in [0.2, 0.25) is 0 Å². The molecule has 0 aliphatic carbocycles. The van der Waals surface area contributed by atoms with Crippen LogP contribution in [0.25, 0.3) is 21.9 Å². The van der Waals surface area contributed by atoms with Crippen molar-refractivity contribution in [2.75, 3.05) is 24.3 Å². The molecular formula is C25H25F3N4O3. The van der Waals surface area contributed by atoms with Crippen molar-refractivity contribution in [3.05, 3.63) is 53.0 Å². The molecule has 5 rings (SSSR count). The van der Waals surface area contributed by atoms with Crippen molar-refractivity contribution in [1.29, 1.82) is 0 Å². The number of hydrogen-bond acceptors (Lipinski definition) is 7. The summed E-state index contributed by atoms with van der Waals surface area (Å²) in [4.78, 5) is 9.19. The van der Waals surface area contributed by atoms with E-state index in [0.717, 1.165) is 23.9 Å². The third kappa shape index (κ3) is 4.58. The number of nitrogens with two attached hydrogens (primary N) is 1. The van der Waals surface area contributed by atoms with E-state index in [0.29, 0.717) is 58.4 Å². The van der Waals surface area contributed by atoms with E-state index in [1.54, 1.807) is 13.8 Å². The highest BCUT2D eigenvalue weighted by Gasteiger charge is 2.31. The van der Waals surface area contributed by atoms with Crippen LogP contribution >= 0.6 is 0 Å². The zero-order chi connectivity index (χ0) is 24.9. The molecule has 3 heterocycles. The Bertz CT molecular complexity index is 1410. The topological polar surface area (TPSA) is 95.4 Å². The molecule has 2 aromatic heterocycles. The number of fused-ring (bicyclic) bond motifs is 3. The van der Waals surface area contributed by atoms with Crippen molar-refractivity contribution in [2.45, 2.75) is 45.5 Å². The first kappa shape index (κ1) is 23.2. The molecule has 0 saturated carbocycles. The first-order valence-electron chi connectivity index (χ1n) is 11.3. The summed E-state index contributed by atoms with van der Waals surface area (Å²) in [6.45, 7) is 6.48. The van der Waals surface area contributed by atoms with Gasteiger partial charge in [-0.05, 0) is 56.7 Å². The molecule has 1 fully saturated rings. The molecule has 1 aliphatic rings. The second kappa shape index (κ2) is 8.60. The predicted octanol–water partition coefficient (Wildman–Crippen LogP) is 5.93. The van der Waals surface area contributed by atoms with Gasteiger partial charge in [0.1, 0.15) is 23.5 Å². The van der Waals surface area contributed by atoms with E-state index in [2.05, 4.69) is 15.3 Å². The maximum absolute atomic E-state index is 13.3. The number of hydrogen-bond donors (Lipinski definition) is 2. The lowest BCUT2D eigenvalue weighted by Crippen LogP contribution is -2.16. The maximum Gasteiger partial charge on any atom is 0.416 e. The minimum Gasteiger partial charge on any atom is -0.484 e. The average molecular weight is 486 g/mol. The molecule has 3 N–H and O–H groups in total. The number of alkyl halides is 3. The minimum absolute atomic E-state index is 0.0391. The largest absolute Gasteiger partial charge is 0.484 e. The molecule has 7 nitrogen and oxygen atoms in total. The van der Waals surface area contributed by atoms with Gasteiger partial charge in [0, 0.05) is 17.5 Å². The number of halogens is 3. The Morgan fingerprint density at radius 1 is 1.11 bits per heavy atom. The fourth-order valence-electron chi connectivity index (χ4n) is 4.35. The van der Waals surface area contributed by atoms with Crippen LogP contribution in [-0.4, -0.2) is 29.3 Å². The first-order valence-corrected chi connectivity index (χ1v) is 11.3. The SMILES string of the molecule is Cc1nc(N[C@H](C)c2cc(N)cc(C(F)(F)F)c2)c2cc(O[C@H]3CCOC3)c3oc(C)cc3c2n1. The van der Waals surface area contributed by atoms with E-state index in [1.165, 1.54) is 6.07 Å². The number of nitrogens with zero attached hydrogens (tertiary/aromatic N) is 2. The molecule has 0 spiro atoms. The summed E-state index contributed by atoms with van der Waals surface area (Å²) >= 11 is 0. The molecule has 184 valence electrons. The number of nitrogens with one attached hydrogen (secondary N) is 1. The highest BCUT2D eigenvalue weighted by atomic mass is 19.4. The predicted molar refractivity (Wildman–Crippen MR) is 127 cm³/mol. The minimum atomic E-state index is -4.50. The highest BCUT2D eigenvalue weighted by molar-refractivity contribution is 6.09. The molecule has 35 heavy (non-hydrogen) atoms. The Morgan fingerprint density at radius 2 is 1.91 bits per heavy atom. The lowest BCUT2D eigenvalue weighted by atomic mass is 10.0. The van der Waals surface area contributed by atoms with Crippen LogP contribution in [-0.2, 0) is 10.9 Å². The number of aryl methyl sites for hydroxylation is 2. The van der Waals surface area contributed by atoms with Gasteiger partial charge in [0.25, 0.3) is 0 Å². The van der Waals surface area contributed by atoms with E-state index in [-0.39, 0.29) is 11.8 Å². The number of furan rings is 1. The number of benzene rings is 2. The van der Waals surface area contributed by atoms with Crippen molar-refractivity contribution in [2.24, 2.45) is 0 Å². The molecule has 0 radical (unpaired) electrons. The quantitative estimate of drug-likeness (QED) is 0.337. The number of nitrogen functional groups attached to an aromatic ring is 1. The van der Waals surface area contributed by atoms with E-state index in [9.17, 15) is 13.2 Å². The van der Waals surface area contributed by atoms with Crippen LogP contribution in [0.15, 0.2) is 34.7 Å². The molecule has 1 saturated heterocycles. The number of ether oxygens (including phenoxy) is 2. The van der Waals surface area contributed by atoms with E-state index >= 15 is 0 Å². The van der Waals surface area contributed by atoms with Gasteiger partial charge in [-0.15, -0.1) is 0 Å². The zero-order valence-electron chi connectivity index (χ0n) is 19.5. The Morgan fingerprint density at radius 3 is 2.63 bits per heavy atom. The summed E-state index contributed by atoms with van der Waals surface area (Å²) in [7, 11) is 0. The van der Waals surface area contributed by atoms with Crippen LogP contribution in [0, 0.1) is 13.8 Å². The fraction of sp³-hybridized carbons (Fsp3) is 0.360. The highest BCUT2D eigenvalue weighted by Crippen LogP contribution is 2.39. The number of anilines is 2. The third-order valence-electron chi connectivity index (χ3n) is 6.01. The summed E-state index contributed by atoms with van der Waals surface area (Å²) in [6.07, 6.45) is -3.83. The molecular weight excluding hydrogens is 461 g/mol. The van der Waals surface area contributed by atoms with Crippen molar-refractivity contribution in [3.8, 4) is 5.75 Å². The zero-order valence-corrected chi connectivity index (χ0v) is 19.5. The van der Waals surface area contributed by atoms with Gasteiger partial charge in [0.2, 0.25) is 0 Å². The molecule has 10 heteroatoms. The van der Waals surface area contributed by atoms with E-state index in [1.807, 2.05) is 19.1 Å². The molecule has 0 bridgehead atoms. The summed E-state index contributed by atoms with van der Waals surface area (Å²) in [5, 5.41) is 4.70. The van der Waals surface area contributed by atoms with Crippen LogP contribution in [0.3, 0.4) is 0 Å².